The predicted molar refractivity (Wildman–Crippen MR) is 104 cm³/mol. The first kappa shape index (κ1) is 20.1. The molecular weight excluding hydrogens is 424 g/mol. The molecule has 26 heavy (non-hydrogen) atoms. The maximum atomic E-state index is 10.7. The number of hydrogen-bond donors (Lipinski definition) is 2. The van der Waals surface area contributed by atoms with E-state index in [9.17, 15) is 4.79 Å². The van der Waals surface area contributed by atoms with Gasteiger partial charge in [0.2, 0.25) is 0 Å². The molecule has 0 fully saturated rings. The third-order valence-electron chi connectivity index (χ3n) is 3.20. The summed E-state index contributed by atoms with van der Waals surface area (Å²) in [5.41, 5.74) is 4.64. The number of nitrogens with one attached hydrogen (secondary N) is 1. The zero-order chi connectivity index (χ0) is 18.9. The molecular formula is C18H18BrClN2O4. The molecule has 8 heteroatoms. The Morgan fingerprint density at radius 1 is 1.35 bits per heavy atom. The van der Waals surface area contributed by atoms with Gasteiger partial charge in [-0.25, -0.2) is 4.79 Å². The maximum Gasteiger partial charge on any atom is 0.341 e. The number of carboxylic acid groups (broad SMARTS) is 1. The number of hydrogen-bond acceptors (Lipinski definition) is 5. The zero-order valence-corrected chi connectivity index (χ0v) is 16.4. The SMILES string of the molecule is CCOc1cc(/C=N\NCc2ccccc2Cl)cc(Br)c1OCC(=O)O. The van der Waals surface area contributed by atoms with Crippen molar-refractivity contribution < 1.29 is 19.4 Å². The lowest BCUT2D eigenvalue weighted by atomic mass is 10.2. The number of nitrogens with zero attached hydrogens (tertiary/aromatic N) is 1. The average Bonchev–Trinajstić information content (AvgIpc) is 2.59. The van der Waals surface area contributed by atoms with Crippen molar-refractivity contribution >= 4 is 39.7 Å². The molecule has 0 amide bonds. The van der Waals surface area contributed by atoms with Crippen LogP contribution in [0.5, 0.6) is 11.5 Å². The van der Waals surface area contributed by atoms with Crippen LogP contribution in [0.15, 0.2) is 46.0 Å². The van der Waals surface area contributed by atoms with E-state index >= 15 is 0 Å². The van der Waals surface area contributed by atoms with Crippen LogP contribution < -0.4 is 14.9 Å². The third-order valence-corrected chi connectivity index (χ3v) is 4.16. The number of carbonyl (C=O) groups is 1. The molecule has 2 aromatic carbocycles. The fourth-order valence-corrected chi connectivity index (χ4v) is 2.87. The van der Waals surface area contributed by atoms with Crippen molar-refractivity contribution in [2.75, 3.05) is 13.2 Å². The number of carboxylic acids is 1. The van der Waals surface area contributed by atoms with Crippen LogP contribution in [0.3, 0.4) is 0 Å². The molecule has 138 valence electrons. The Morgan fingerprint density at radius 3 is 2.81 bits per heavy atom. The lowest BCUT2D eigenvalue weighted by Gasteiger charge is -2.13. The first-order valence-corrected chi connectivity index (χ1v) is 8.98. The summed E-state index contributed by atoms with van der Waals surface area (Å²) in [6.07, 6.45) is 1.63. The highest BCUT2D eigenvalue weighted by Gasteiger charge is 2.13. The molecule has 0 aliphatic carbocycles. The van der Waals surface area contributed by atoms with Gasteiger partial charge >= 0.3 is 5.97 Å². The second-order valence-corrected chi connectivity index (χ2v) is 6.39. The van der Waals surface area contributed by atoms with Crippen molar-refractivity contribution in [2.45, 2.75) is 13.5 Å². The Balaban J connectivity index is 2.08. The average molecular weight is 442 g/mol. The normalized spacial score (nSPS) is 10.7. The molecule has 0 unspecified atom stereocenters. The summed E-state index contributed by atoms with van der Waals surface area (Å²) in [6, 6.07) is 11.0. The van der Waals surface area contributed by atoms with Crippen LogP contribution in [0.1, 0.15) is 18.1 Å². The van der Waals surface area contributed by atoms with Crippen molar-refractivity contribution in [1.82, 2.24) is 5.43 Å². The summed E-state index contributed by atoms with van der Waals surface area (Å²) < 4.78 is 11.4. The Labute approximate surface area is 164 Å². The second-order valence-electron chi connectivity index (χ2n) is 5.13. The number of halogens is 2. The maximum absolute atomic E-state index is 10.7. The van der Waals surface area contributed by atoms with E-state index in [1.807, 2.05) is 31.2 Å². The molecule has 0 radical (unpaired) electrons. The minimum Gasteiger partial charge on any atom is -0.490 e. The van der Waals surface area contributed by atoms with Gasteiger partial charge in [-0.3, -0.25) is 0 Å². The summed E-state index contributed by atoms with van der Waals surface area (Å²) in [6.45, 7) is 2.29. The first-order valence-electron chi connectivity index (χ1n) is 7.81. The number of hydrazone groups is 1. The van der Waals surface area contributed by atoms with E-state index < -0.39 is 12.6 Å². The number of benzene rings is 2. The standard InChI is InChI=1S/C18H18BrClN2O4/c1-2-25-16-8-12(7-14(19)18(16)26-11-17(23)24)9-21-22-10-13-5-3-4-6-15(13)20/h3-9,22H,2,10-11H2,1H3,(H,23,24)/b21-9-. The molecule has 2 rings (SSSR count). The molecule has 6 nitrogen and oxygen atoms in total. The molecule has 0 aliphatic rings. The van der Waals surface area contributed by atoms with Crippen molar-refractivity contribution in [3.63, 3.8) is 0 Å². The van der Waals surface area contributed by atoms with Gasteiger partial charge in [-0.15, -0.1) is 0 Å². The summed E-state index contributed by atoms with van der Waals surface area (Å²) in [5, 5.41) is 13.6. The first-order chi connectivity index (χ1) is 12.5. The Hall–Kier alpha value is -2.25. The smallest absolute Gasteiger partial charge is 0.341 e. The number of rotatable bonds is 9. The van der Waals surface area contributed by atoms with Crippen LogP contribution in [-0.4, -0.2) is 30.5 Å². The minimum atomic E-state index is -1.06. The van der Waals surface area contributed by atoms with E-state index in [0.29, 0.717) is 34.1 Å². The van der Waals surface area contributed by atoms with Crippen molar-refractivity contribution in [1.29, 1.82) is 0 Å². The Bertz CT molecular complexity index is 799. The van der Waals surface area contributed by atoms with Gasteiger partial charge in [0.05, 0.1) is 23.8 Å². The molecule has 0 heterocycles. The third kappa shape index (κ3) is 5.93. The minimum absolute atomic E-state index is 0.343. The molecule has 0 aromatic heterocycles. The van der Waals surface area contributed by atoms with Gasteiger partial charge in [-0.2, -0.15) is 5.10 Å². The Kier molecular flexibility index (Phi) is 7.74. The van der Waals surface area contributed by atoms with E-state index in [0.717, 1.165) is 11.1 Å². The highest BCUT2D eigenvalue weighted by molar-refractivity contribution is 9.10. The summed E-state index contributed by atoms with van der Waals surface area (Å²) in [7, 11) is 0. The van der Waals surface area contributed by atoms with E-state index in [1.165, 1.54) is 0 Å². The molecule has 0 spiro atoms. The van der Waals surface area contributed by atoms with Crippen LogP contribution in [-0.2, 0) is 11.3 Å². The monoisotopic (exact) mass is 440 g/mol. The van der Waals surface area contributed by atoms with Gasteiger partial charge in [-0.05, 0) is 52.2 Å². The van der Waals surface area contributed by atoms with Crippen LogP contribution in [0, 0.1) is 0 Å². The van der Waals surface area contributed by atoms with Gasteiger partial charge in [0.25, 0.3) is 0 Å². The quantitative estimate of drug-likeness (QED) is 0.452. The fraction of sp³-hybridized carbons (Fsp3) is 0.222. The van der Waals surface area contributed by atoms with Crippen LogP contribution in [0.2, 0.25) is 5.02 Å². The molecule has 0 bridgehead atoms. The molecule has 2 aromatic rings. The van der Waals surface area contributed by atoms with E-state index in [-0.39, 0.29) is 0 Å². The largest absolute Gasteiger partial charge is 0.490 e. The highest BCUT2D eigenvalue weighted by atomic mass is 79.9. The topological polar surface area (TPSA) is 80.1 Å². The number of aliphatic carboxylic acids is 1. The fourth-order valence-electron chi connectivity index (χ4n) is 2.09. The van der Waals surface area contributed by atoms with Gasteiger partial charge < -0.3 is 20.0 Å². The molecule has 2 N–H and O–H groups in total. The highest BCUT2D eigenvalue weighted by Crippen LogP contribution is 2.36. The van der Waals surface area contributed by atoms with Crippen molar-refractivity contribution in [3.05, 3.63) is 57.0 Å². The Morgan fingerprint density at radius 2 is 2.12 bits per heavy atom. The van der Waals surface area contributed by atoms with E-state index in [2.05, 4.69) is 26.5 Å². The van der Waals surface area contributed by atoms with Gasteiger partial charge in [0, 0.05) is 5.02 Å². The zero-order valence-electron chi connectivity index (χ0n) is 14.0. The van der Waals surface area contributed by atoms with E-state index in [4.69, 9.17) is 26.2 Å². The summed E-state index contributed by atoms with van der Waals surface area (Å²) in [4.78, 5) is 10.7. The van der Waals surface area contributed by atoms with Crippen LogP contribution in [0.25, 0.3) is 0 Å². The van der Waals surface area contributed by atoms with Gasteiger partial charge in [-0.1, -0.05) is 29.8 Å². The van der Waals surface area contributed by atoms with Crippen molar-refractivity contribution in [3.8, 4) is 11.5 Å². The lowest BCUT2D eigenvalue weighted by Crippen LogP contribution is -2.11. The number of ether oxygens (including phenoxy) is 2. The van der Waals surface area contributed by atoms with E-state index in [1.54, 1.807) is 18.3 Å². The second kappa shape index (κ2) is 10.0. The van der Waals surface area contributed by atoms with Gasteiger partial charge in [0.1, 0.15) is 0 Å². The summed E-state index contributed by atoms with van der Waals surface area (Å²) in [5.74, 6) is -0.278. The molecule has 0 atom stereocenters. The molecule has 0 aliphatic heterocycles. The van der Waals surface area contributed by atoms with Crippen LogP contribution >= 0.6 is 27.5 Å². The summed E-state index contributed by atoms with van der Waals surface area (Å²) >= 11 is 9.47. The lowest BCUT2D eigenvalue weighted by molar-refractivity contribution is -0.139. The molecule has 0 saturated heterocycles. The van der Waals surface area contributed by atoms with Crippen molar-refractivity contribution in [2.24, 2.45) is 5.10 Å². The van der Waals surface area contributed by atoms with Gasteiger partial charge in [0.15, 0.2) is 18.1 Å². The molecule has 0 saturated carbocycles. The predicted octanol–water partition coefficient (Wildman–Crippen LogP) is 4.09. The van der Waals surface area contributed by atoms with Crippen LogP contribution in [0.4, 0.5) is 0 Å².